The van der Waals surface area contributed by atoms with Crippen LogP contribution in [0.4, 0.5) is 5.69 Å². The number of H-pyrrole nitrogens is 1. The molecule has 0 radical (unpaired) electrons. The van der Waals surface area contributed by atoms with Gasteiger partial charge in [-0.05, 0) is 37.2 Å². The Balaban J connectivity index is 1.75. The minimum atomic E-state index is -0.925. The van der Waals surface area contributed by atoms with Crippen molar-refractivity contribution < 1.29 is 9.90 Å². The van der Waals surface area contributed by atoms with Crippen LogP contribution in [0.15, 0.2) is 18.5 Å². The maximum atomic E-state index is 11.4. The molecule has 0 aliphatic heterocycles. The number of rotatable bonds is 3. The summed E-state index contributed by atoms with van der Waals surface area (Å²) in [6.07, 6.45) is 8.31. The predicted octanol–water partition coefficient (Wildman–Crippen LogP) is 2.86. The Labute approximate surface area is 116 Å². The summed E-state index contributed by atoms with van der Waals surface area (Å²) in [5.74, 6) is 0.601. The Hall–Kier alpha value is -2.04. The van der Waals surface area contributed by atoms with E-state index in [1.165, 1.54) is 25.5 Å². The fourth-order valence-electron chi connectivity index (χ4n) is 3.93. The van der Waals surface area contributed by atoms with Crippen LogP contribution in [0.3, 0.4) is 0 Å². The summed E-state index contributed by atoms with van der Waals surface area (Å²) in [6, 6.07) is 2.30. The molecule has 0 aromatic carbocycles. The van der Waals surface area contributed by atoms with Gasteiger partial charge in [-0.15, -0.1) is 0 Å². The molecule has 5 heteroatoms. The van der Waals surface area contributed by atoms with Crippen molar-refractivity contribution in [3.8, 4) is 0 Å². The van der Waals surface area contributed by atoms with Crippen molar-refractivity contribution in [2.45, 2.75) is 31.7 Å². The Bertz CT molecular complexity index is 679. The highest BCUT2D eigenvalue weighted by molar-refractivity contribution is 6.03. The Morgan fingerprint density at radius 2 is 2.30 bits per heavy atom. The Kier molecular flexibility index (Phi) is 2.49. The number of carboxylic acids is 1. The van der Waals surface area contributed by atoms with Gasteiger partial charge < -0.3 is 15.4 Å². The van der Waals surface area contributed by atoms with Gasteiger partial charge in [-0.25, -0.2) is 9.78 Å². The lowest BCUT2D eigenvalue weighted by Gasteiger charge is -2.25. The lowest BCUT2D eigenvalue weighted by Crippen LogP contribution is -2.27. The molecule has 2 aromatic rings. The summed E-state index contributed by atoms with van der Waals surface area (Å²) < 4.78 is 0. The average molecular weight is 271 g/mol. The smallest absolute Gasteiger partial charge is 0.339 e. The number of nitrogens with one attached hydrogen (secondary N) is 2. The van der Waals surface area contributed by atoms with Gasteiger partial charge in [0, 0.05) is 23.8 Å². The molecule has 4 rings (SSSR count). The first kappa shape index (κ1) is 11.8. The van der Waals surface area contributed by atoms with Crippen LogP contribution < -0.4 is 5.32 Å². The van der Waals surface area contributed by atoms with Crippen LogP contribution in [0.5, 0.6) is 0 Å². The molecular formula is C15H17N3O2. The van der Waals surface area contributed by atoms with Crippen LogP contribution in [0.1, 0.15) is 36.0 Å². The molecule has 2 heterocycles. The summed E-state index contributed by atoms with van der Waals surface area (Å²) in [5.41, 5.74) is 1.72. The number of aromatic carboxylic acids is 1. The van der Waals surface area contributed by atoms with Gasteiger partial charge in [0.2, 0.25) is 0 Å². The molecule has 2 aliphatic rings. The molecule has 0 spiro atoms. The zero-order valence-corrected chi connectivity index (χ0v) is 11.1. The van der Waals surface area contributed by atoms with Gasteiger partial charge in [0.25, 0.3) is 0 Å². The number of anilines is 1. The molecule has 0 unspecified atom stereocenters. The molecule has 3 atom stereocenters. The van der Waals surface area contributed by atoms with Crippen LogP contribution in [0.25, 0.3) is 11.0 Å². The van der Waals surface area contributed by atoms with Gasteiger partial charge in [0.05, 0.1) is 5.69 Å². The first-order chi connectivity index (χ1) is 9.72. The molecule has 104 valence electrons. The molecule has 2 aromatic heterocycles. The van der Waals surface area contributed by atoms with Gasteiger partial charge in [-0.3, -0.25) is 0 Å². The quantitative estimate of drug-likeness (QED) is 0.802. The van der Waals surface area contributed by atoms with Gasteiger partial charge in [0.15, 0.2) is 0 Å². The molecule has 2 aliphatic carbocycles. The molecule has 2 saturated carbocycles. The van der Waals surface area contributed by atoms with Crippen molar-refractivity contribution in [3.63, 3.8) is 0 Å². The molecule has 2 fully saturated rings. The van der Waals surface area contributed by atoms with Gasteiger partial charge >= 0.3 is 5.97 Å². The van der Waals surface area contributed by atoms with E-state index in [0.29, 0.717) is 12.0 Å². The third kappa shape index (κ3) is 1.69. The van der Waals surface area contributed by atoms with Crippen molar-refractivity contribution in [1.29, 1.82) is 0 Å². The molecule has 2 bridgehead atoms. The fraction of sp³-hybridized carbons (Fsp3) is 0.467. The highest BCUT2D eigenvalue weighted by Gasteiger charge is 2.40. The third-order valence-corrected chi connectivity index (χ3v) is 4.88. The highest BCUT2D eigenvalue weighted by Crippen LogP contribution is 2.46. The Morgan fingerprint density at radius 3 is 3.00 bits per heavy atom. The van der Waals surface area contributed by atoms with E-state index in [4.69, 9.17) is 0 Å². The maximum Gasteiger partial charge on any atom is 0.339 e. The second-order valence-corrected chi connectivity index (χ2v) is 6.02. The van der Waals surface area contributed by atoms with E-state index in [2.05, 4.69) is 15.3 Å². The number of carbonyl (C=O) groups is 1. The lowest BCUT2D eigenvalue weighted by molar-refractivity contribution is 0.0697. The normalized spacial score (nSPS) is 28.1. The van der Waals surface area contributed by atoms with E-state index < -0.39 is 5.97 Å². The summed E-state index contributed by atoms with van der Waals surface area (Å²) >= 11 is 0. The summed E-state index contributed by atoms with van der Waals surface area (Å²) in [6.45, 7) is 0. The predicted molar refractivity (Wildman–Crippen MR) is 75.9 cm³/mol. The molecule has 0 saturated heterocycles. The molecular weight excluding hydrogens is 254 g/mol. The van der Waals surface area contributed by atoms with E-state index in [0.717, 1.165) is 29.1 Å². The second kappa shape index (κ2) is 4.23. The van der Waals surface area contributed by atoms with E-state index in [9.17, 15) is 9.90 Å². The minimum Gasteiger partial charge on any atom is -0.478 e. The molecule has 20 heavy (non-hydrogen) atoms. The van der Waals surface area contributed by atoms with E-state index in [-0.39, 0.29) is 5.56 Å². The average Bonchev–Trinajstić information content (AvgIpc) is 3.14. The van der Waals surface area contributed by atoms with Crippen LogP contribution >= 0.6 is 0 Å². The number of aromatic amines is 1. The van der Waals surface area contributed by atoms with Crippen molar-refractivity contribution in [1.82, 2.24) is 9.97 Å². The maximum absolute atomic E-state index is 11.4. The Morgan fingerprint density at radius 1 is 1.40 bits per heavy atom. The van der Waals surface area contributed by atoms with Gasteiger partial charge in [0.1, 0.15) is 11.2 Å². The van der Waals surface area contributed by atoms with Gasteiger partial charge in [-0.2, -0.15) is 0 Å². The monoisotopic (exact) mass is 271 g/mol. The zero-order valence-electron chi connectivity index (χ0n) is 11.1. The summed E-state index contributed by atoms with van der Waals surface area (Å²) in [5, 5.41) is 13.8. The topological polar surface area (TPSA) is 78.0 Å². The van der Waals surface area contributed by atoms with Crippen molar-refractivity contribution in [2.24, 2.45) is 11.8 Å². The van der Waals surface area contributed by atoms with E-state index in [1.807, 2.05) is 6.07 Å². The number of fused-ring (bicyclic) bond motifs is 3. The van der Waals surface area contributed by atoms with Crippen molar-refractivity contribution >= 4 is 22.7 Å². The van der Waals surface area contributed by atoms with Crippen LogP contribution in [0, 0.1) is 11.8 Å². The fourth-order valence-corrected chi connectivity index (χ4v) is 3.93. The van der Waals surface area contributed by atoms with Crippen molar-refractivity contribution in [2.75, 3.05) is 5.32 Å². The number of pyridine rings is 1. The second-order valence-electron chi connectivity index (χ2n) is 6.02. The summed E-state index contributed by atoms with van der Waals surface area (Å²) in [7, 11) is 0. The van der Waals surface area contributed by atoms with Crippen LogP contribution in [-0.4, -0.2) is 27.1 Å². The van der Waals surface area contributed by atoms with Gasteiger partial charge in [-0.1, -0.05) is 6.42 Å². The highest BCUT2D eigenvalue weighted by atomic mass is 16.4. The summed E-state index contributed by atoms with van der Waals surface area (Å²) in [4.78, 5) is 18.6. The first-order valence-electron chi connectivity index (χ1n) is 7.18. The third-order valence-electron chi connectivity index (χ3n) is 4.88. The molecule has 3 N–H and O–H groups in total. The van der Waals surface area contributed by atoms with E-state index in [1.54, 1.807) is 6.20 Å². The van der Waals surface area contributed by atoms with Crippen LogP contribution in [0.2, 0.25) is 0 Å². The van der Waals surface area contributed by atoms with Crippen LogP contribution in [-0.2, 0) is 0 Å². The number of hydrogen-bond acceptors (Lipinski definition) is 3. The molecule has 5 nitrogen and oxygen atoms in total. The van der Waals surface area contributed by atoms with Crippen molar-refractivity contribution in [3.05, 3.63) is 24.0 Å². The molecule has 0 amide bonds. The number of nitrogens with zero attached hydrogens (tertiary/aromatic N) is 1. The number of hydrogen-bond donors (Lipinski definition) is 3. The SMILES string of the molecule is O=C(O)c1cnc2[nH]ccc2c1N[C@H]1C[C@H]2CC[C@@H]1C2. The largest absolute Gasteiger partial charge is 0.478 e. The number of carboxylic acid groups (broad SMARTS) is 1. The number of aromatic nitrogens is 2. The van der Waals surface area contributed by atoms with E-state index >= 15 is 0 Å². The standard InChI is InChI=1S/C15H17N3O2/c19-15(20)11-7-17-14-10(3-4-16-14)13(11)18-12-6-8-1-2-9(12)5-8/h3-4,7-9,12H,1-2,5-6H2,(H,19,20)(H2,16,17,18)/t8-,9+,12-/m0/s1. The lowest BCUT2D eigenvalue weighted by atomic mass is 9.94. The zero-order chi connectivity index (χ0) is 13.7. The minimum absolute atomic E-state index is 0.264. The first-order valence-corrected chi connectivity index (χ1v) is 7.18.